The van der Waals surface area contributed by atoms with Crippen molar-refractivity contribution >= 4 is 23.3 Å². The van der Waals surface area contributed by atoms with Crippen molar-refractivity contribution in [2.45, 2.75) is 6.92 Å². The van der Waals surface area contributed by atoms with Crippen LogP contribution < -0.4 is 20.3 Å². The number of fused-ring (bicyclic) bond motifs is 1. The fourth-order valence-electron chi connectivity index (χ4n) is 3.21. The van der Waals surface area contributed by atoms with Gasteiger partial charge in [-0.15, -0.1) is 0 Å². The van der Waals surface area contributed by atoms with Crippen LogP contribution in [0.5, 0.6) is 17.4 Å². The van der Waals surface area contributed by atoms with Gasteiger partial charge in [-0.1, -0.05) is 18.2 Å². The minimum Gasteiger partial charge on any atom is -0.494 e. The lowest BCUT2D eigenvalue weighted by molar-refractivity contribution is -0.112. The molecule has 0 aliphatic heterocycles. The third-order valence-corrected chi connectivity index (χ3v) is 4.85. The molecule has 0 radical (unpaired) electrons. The first-order chi connectivity index (χ1) is 17.0. The Morgan fingerprint density at radius 3 is 2.60 bits per heavy atom. The van der Waals surface area contributed by atoms with Crippen molar-refractivity contribution in [2.24, 2.45) is 0 Å². The number of ether oxygens (including phenoxy) is 2. The Bertz CT molecular complexity index is 1520. The molecule has 0 fully saturated rings. The van der Waals surface area contributed by atoms with E-state index in [0.717, 1.165) is 6.08 Å². The topological polar surface area (TPSA) is 106 Å². The fourth-order valence-corrected chi connectivity index (χ4v) is 3.21. The molecular weight excluding hydrogens is 451 g/mol. The molecule has 9 heteroatoms. The number of pyridine rings is 1. The van der Waals surface area contributed by atoms with Crippen LogP contribution in [-0.4, -0.2) is 21.9 Å². The molecular formula is C26H19FN4O4. The van der Waals surface area contributed by atoms with Gasteiger partial charge in [-0.3, -0.25) is 14.0 Å². The summed E-state index contributed by atoms with van der Waals surface area (Å²) in [6.45, 7) is 2.35. The number of anilines is 1. The SMILES string of the molecule is CCOc1ccc(NC(=O)C(C#N)=Cc2c(Oc3ccccc3F)nc3ccccn3c2=O)cc1. The van der Waals surface area contributed by atoms with Gasteiger partial charge in [0, 0.05) is 11.9 Å². The highest BCUT2D eigenvalue weighted by molar-refractivity contribution is 6.09. The number of carbonyl (C=O) groups excluding carboxylic acids is 1. The van der Waals surface area contributed by atoms with Crippen molar-refractivity contribution < 1.29 is 18.7 Å². The summed E-state index contributed by atoms with van der Waals surface area (Å²) in [5, 5.41) is 12.3. The third kappa shape index (κ3) is 5.17. The molecule has 2 heterocycles. The molecule has 1 N–H and O–H groups in total. The highest BCUT2D eigenvalue weighted by Crippen LogP contribution is 2.26. The van der Waals surface area contributed by atoms with E-state index in [4.69, 9.17) is 9.47 Å². The Kier molecular flexibility index (Phi) is 6.83. The first-order valence-electron chi connectivity index (χ1n) is 10.6. The first kappa shape index (κ1) is 23.2. The van der Waals surface area contributed by atoms with Crippen LogP contribution in [0.15, 0.2) is 83.3 Å². The summed E-state index contributed by atoms with van der Waals surface area (Å²) < 4.78 is 26.4. The Labute approximate surface area is 199 Å². The van der Waals surface area contributed by atoms with Gasteiger partial charge in [0.2, 0.25) is 5.88 Å². The van der Waals surface area contributed by atoms with Crippen molar-refractivity contribution in [3.05, 3.63) is 100 Å². The highest BCUT2D eigenvalue weighted by atomic mass is 19.1. The Morgan fingerprint density at radius 1 is 1.14 bits per heavy atom. The molecule has 0 aliphatic carbocycles. The molecule has 2 aromatic carbocycles. The molecule has 1 amide bonds. The van der Waals surface area contributed by atoms with Gasteiger partial charge in [0.05, 0.1) is 6.61 Å². The second kappa shape index (κ2) is 10.3. The van der Waals surface area contributed by atoms with E-state index in [0.29, 0.717) is 18.0 Å². The molecule has 35 heavy (non-hydrogen) atoms. The number of hydrogen-bond donors (Lipinski definition) is 1. The molecule has 0 saturated carbocycles. The van der Waals surface area contributed by atoms with E-state index in [9.17, 15) is 19.2 Å². The molecule has 174 valence electrons. The molecule has 8 nitrogen and oxygen atoms in total. The van der Waals surface area contributed by atoms with Crippen molar-refractivity contribution in [2.75, 3.05) is 11.9 Å². The van der Waals surface area contributed by atoms with Gasteiger partial charge in [-0.25, -0.2) is 4.39 Å². The molecule has 0 unspecified atom stereocenters. The van der Waals surface area contributed by atoms with Crippen LogP contribution in [0.2, 0.25) is 0 Å². The number of carbonyl (C=O) groups is 1. The van der Waals surface area contributed by atoms with Gasteiger partial charge >= 0.3 is 0 Å². The molecule has 4 aromatic rings. The van der Waals surface area contributed by atoms with E-state index in [1.54, 1.807) is 54.6 Å². The fraction of sp³-hybridized carbons (Fsp3) is 0.0769. The van der Waals surface area contributed by atoms with Crippen LogP contribution in [0.25, 0.3) is 11.7 Å². The van der Waals surface area contributed by atoms with Gasteiger partial charge < -0.3 is 14.8 Å². The van der Waals surface area contributed by atoms with Crippen LogP contribution in [0.4, 0.5) is 10.1 Å². The summed E-state index contributed by atoms with van der Waals surface area (Å²) >= 11 is 0. The van der Waals surface area contributed by atoms with Crippen LogP contribution in [0.3, 0.4) is 0 Å². The number of benzene rings is 2. The van der Waals surface area contributed by atoms with E-state index in [1.165, 1.54) is 28.8 Å². The van der Waals surface area contributed by atoms with E-state index in [1.807, 2.05) is 6.92 Å². The van der Waals surface area contributed by atoms with Gasteiger partial charge in [0.15, 0.2) is 11.6 Å². The van der Waals surface area contributed by atoms with Crippen LogP contribution >= 0.6 is 0 Å². The molecule has 4 rings (SSSR count). The number of halogens is 1. The molecule has 2 aromatic heterocycles. The van der Waals surface area contributed by atoms with Crippen molar-refractivity contribution in [1.29, 1.82) is 5.26 Å². The summed E-state index contributed by atoms with van der Waals surface area (Å²) in [6, 6.07) is 18.9. The summed E-state index contributed by atoms with van der Waals surface area (Å²) in [6.07, 6.45) is 2.57. The minimum atomic E-state index is -0.744. The van der Waals surface area contributed by atoms with Gasteiger partial charge in [0.1, 0.15) is 28.6 Å². The van der Waals surface area contributed by atoms with Crippen LogP contribution in [0, 0.1) is 17.1 Å². The smallest absolute Gasteiger partial charge is 0.269 e. The van der Waals surface area contributed by atoms with Crippen molar-refractivity contribution in [3.63, 3.8) is 0 Å². The standard InChI is InChI=1S/C26H19FN4O4/c1-2-34-19-12-10-18(11-13-19)29-24(32)17(16-28)15-20-25(35-22-8-4-3-7-21(22)27)30-23-9-5-6-14-31(23)26(20)33/h3-15H,2H2,1H3,(H,29,32). The zero-order valence-electron chi connectivity index (χ0n) is 18.6. The Morgan fingerprint density at radius 2 is 1.89 bits per heavy atom. The van der Waals surface area contributed by atoms with Gasteiger partial charge in [-0.05, 0) is 61.5 Å². The number of para-hydroxylation sites is 1. The average molecular weight is 470 g/mol. The van der Waals surface area contributed by atoms with Crippen molar-refractivity contribution in [3.8, 4) is 23.4 Å². The maximum atomic E-state index is 14.2. The largest absolute Gasteiger partial charge is 0.494 e. The number of nitriles is 1. The second-order valence-corrected chi connectivity index (χ2v) is 7.18. The maximum Gasteiger partial charge on any atom is 0.269 e. The van der Waals surface area contributed by atoms with E-state index < -0.39 is 17.3 Å². The second-order valence-electron chi connectivity index (χ2n) is 7.18. The summed E-state index contributed by atoms with van der Waals surface area (Å²) in [4.78, 5) is 30.3. The highest BCUT2D eigenvalue weighted by Gasteiger charge is 2.18. The maximum absolute atomic E-state index is 14.2. The normalized spacial score (nSPS) is 11.1. The van der Waals surface area contributed by atoms with E-state index in [2.05, 4.69) is 10.3 Å². The number of hydrogen-bond acceptors (Lipinski definition) is 6. The van der Waals surface area contributed by atoms with E-state index >= 15 is 0 Å². The summed E-state index contributed by atoms with van der Waals surface area (Å²) in [7, 11) is 0. The quantitative estimate of drug-likeness (QED) is 0.313. The van der Waals surface area contributed by atoms with E-state index in [-0.39, 0.29) is 28.4 Å². The number of rotatable bonds is 7. The lowest BCUT2D eigenvalue weighted by Crippen LogP contribution is -2.20. The molecule has 0 spiro atoms. The Hall–Kier alpha value is -4.97. The Balaban J connectivity index is 1.74. The molecule has 0 bridgehead atoms. The predicted octanol–water partition coefficient (Wildman–Crippen LogP) is 4.57. The average Bonchev–Trinajstić information content (AvgIpc) is 2.86. The van der Waals surface area contributed by atoms with Crippen LogP contribution in [0.1, 0.15) is 12.5 Å². The number of amides is 1. The summed E-state index contributed by atoms with van der Waals surface area (Å²) in [5.74, 6) is -1.18. The molecule has 0 saturated heterocycles. The lowest BCUT2D eigenvalue weighted by atomic mass is 10.1. The molecule has 0 atom stereocenters. The molecule has 0 aliphatic rings. The number of aromatic nitrogens is 2. The summed E-state index contributed by atoms with van der Waals surface area (Å²) in [5.41, 5.74) is -0.472. The predicted molar refractivity (Wildman–Crippen MR) is 128 cm³/mol. The lowest BCUT2D eigenvalue weighted by Gasteiger charge is -2.11. The third-order valence-electron chi connectivity index (χ3n) is 4.85. The number of nitrogens with zero attached hydrogens (tertiary/aromatic N) is 3. The number of nitrogens with one attached hydrogen (secondary N) is 1. The van der Waals surface area contributed by atoms with Crippen LogP contribution in [-0.2, 0) is 4.79 Å². The first-order valence-corrected chi connectivity index (χ1v) is 10.6. The zero-order chi connectivity index (χ0) is 24.8. The van der Waals surface area contributed by atoms with Gasteiger partial charge in [0.25, 0.3) is 11.5 Å². The zero-order valence-corrected chi connectivity index (χ0v) is 18.6. The monoisotopic (exact) mass is 470 g/mol. The van der Waals surface area contributed by atoms with Crippen molar-refractivity contribution in [1.82, 2.24) is 9.38 Å². The minimum absolute atomic E-state index is 0.160. The van der Waals surface area contributed by atoms with Gasteiger partial charge in [-0.2, -0.15) is 10.2 Å².